The minimum absolute atomic E-state index is 0.263. The van der Waals surface area contributed by atoms with Crippen LogP contribution >= 0.6 is 27.7 Å². The number of ether oxygens (including phenoxy) is 1. The Hall–Kier alpha value is -0.190. The Labute approximate surface area is 110 Å². The lowest BCUT2D eigenvalue weighted by Gasteiger charge is -2.08. The summed E-state index contributed by atoms with van der Waals surface area (Å²) in [6, 6.07) is 6.12. The molecule has 0 radical (unpaired) electrons. The van der Waals surface area contributed by atoms with Crippen LogP contribution < -0.4 is 4.74 Å². The van der Waals surface area contributed by atoms with Crippen molar-refractivity contribution < 1.29 is 9.84 Å². The fourth-order valence-corrected chi connectivity index (χ4v) is 2.86. The van der Waals surface area contributed by atoms with Crippen LogP contribution in [-0.2, 0) is 5.75 Å². The number of aliphatic hydroxyl groups excluding tert-OH is 1. The monoisotopic (exact) mass is 304 g/mol. The van der Waals surface area contributed by atoms with E-state index in [1.165, 1.54) is 5.56 Å². The molecule has 0 aliphatic heterocycles. The molecular weight excluding hydrogens is 288 g/mol. The molecule has 1 N–H and O–H groups in total. The molecule has 16 heavy (non-hydrogen) atoms. The van der Waals surface area contributed by atoms with Crippen molar-refractivity contribution >= 4 is 27.7 Å². The van der Waals surface area contributed by atoms with Crippen molar-refractivity contribution in [2.24, 2.45) is 5.92 Å². The standard InChI is InChI=1S/C12H17BrO2S/c1-9(6-14)7-16-8-10-3-4-12(15-2)11(13)5-10/h3-5,9,14H,6-8H2,1-2H3. The zero-order valence-corrected chi connectivity index (χ0v) is 12.0. The second kappa shape index (κ2) is 7.20. The van der Waals surface area contributed by atoms with Crippen LogP contribution in [-0.4, -0.2) is 24.6 Å². The molecule has 0 saturated carbocycles. The molecule has 0 aromatic heterocycles. The van der Waals surface area contributed by atoms with Gasteiger partial charge in [-0.25, -0.2) is 0 Å². The third-order valence-electron chi connectivity index (χ3n) is 2.20. The van der Waals surface area contributed by atoms with Crippen LogP contribution in [0.2, 0.25) is 0 Å². The van der Waals surface area contributed by atoms with E-state index >= 15 is 0 Å². The Morgan fingerprint density at radius 2 is 2.25 bits per heavy atom. The molecule has 0 aliphatic rings. The third-order valence-corrected chi connectivity index (χ3v) is 4.16. The van der Waals surface area contributed by atoms with E-state index in [1.807, 2.05) is 17.8 Å². The molecule has 0 fully saturated rings. The maximum Gasteiger partial charge on any atom is 0.133 e. The first-order valence-corrected chi connectivity index (χ1v) is 7.13. The van der Waals surface area contributed by atoms with Gasteiger partial charge in [0.2, 0.25) is 0 Å². The number of hydrogen-bond donors (Lipinski definition) is 1. The van der Waals surface area contributed by atoms with Gasteiger partial charge in [0.1, 0.15) is 5.75 Å². The summed E-state index contributed by atoms with van der Waals surface area (Å²) in [5, 5.41) is 8.91. The zero-order valence-electron chi connectivity index (χ0n) is 9.57. The van der Waals surface area contributed by atoms with Gasteiger partial charge in [0, 0.05) is 12.4 Å². The highest BCUT2D eigenvalue weighted by Gasteiger charge is 2.03. The number of methoxy groups -OCH3 is 1. The van der Waals surface area contributed by atoms with Gasteiger partial charge in [-0.15, -0.1) is 0 Å². The van der Waals surface area contributed by atoms with Crippen molar-refractivity contribution in [3.63, 3.8) is 0 Å². The number of halogens is 1. The predicted molar refractivity (Wildman–Crippen MR) is 73.1 cm³/mol. The Morgan fingerprint density at radius 1 is 1.50 bits per heavy atom. The highest BCUT2D eigenvalue weighted by Crippen LogP contribution is 2.27. The summed E-state index contributed by atoms with van der Waals surface area (Å²) in [6.45, 7) is 2.32. The average molecular weight is 305 g/mol. The van der Waals surface area contributed by atoms with E-state index in [0.29, 0.717) is 5.92 Å². The molecule has 1 rings (SSSR count). The van der Waals surface area contributed by atoms with Gasteiger partial charge < -0.3 is 9.84 Å². The van der Waals surface area contributed by atoms with E-state index in [0.717, 1.165) is 21.7 Å². The quantitative estimate of drug-likeness (QED) is 0.874. The van der Waals surface area contributed by atoms with Crippen LogP contribution in [0.15, 0.2) is 22.7 Å². The summed E-state index contributed by atoms with van der Waals surface area (Å²) in [6.07, 6.45) is 0. The van der Waals surface area contributed by atoms with Crippen LogP contribution in [0.5, 0.6) is 5.75 Å². The van der Waals surface area contributed by atoms with Crippen molar-refractivity contribution in [2.75, 3.05) is 19.5 Å². The molecule has 1 unspecified atom stereocenters. The van der Waals surface area contributed by atoms with Crippen molar-refractivity contribution in [2.45, 2.75) is 12.7 Å². The molecular formula is C12H17BrO2S. The molecule has 2 nitrogen and oxygen atoms in total. The molecule has 1 aromatic carbocycles. The van der Waals surface area contributed by atoms with Crippen molar-refractivity contribution in [3.8, 4) is 5.75 Å². The molecule has 0 saturated heterocycles. The minimum atomic E-state index is 0.263. The zero-order chi connectivity index (χ0) is 12.0. The Kier molecular flexibility index (Phi) is 6.24. The molecule has 1 atom stereocenters. The summed E-state index contributed by atoms with van der Waals surface area (Å²) in [5.74, 6) is 3.18. The lowest BCUT2D eigenvalue weighted by molar-refractivity contribution is 0.250. The molecule has 90 valence electrons. The Balaban J connectivity index is 2.46. The highest BCUT2D eigenvalue weighted by atomic mass is 79.9. The summed E-state index contributed by atoms with van der Waals surface area (Å²) in [5.41, 5.74) is 1.27. The van der Waals surface area contributed by atoms with Crippen molar-refractivity contribution in [1.82, 2.24) is 0 Å². The largest absolute Gasteiger partial charge is 0.496 e. The van der Waals surface area contributed by atoms with Gasteiger partial charge in [0.15, 0.2) is 0 Å². The fraction of sp³-hybridized carbons (Fsp3) is 0.500. The van der Waals surface area contributed by atoms with Crippen molar-refractivity contribution in [3.05, 3.63) is 28.2 Å². The van der Waals surface area contributed by atoms with Gasteiger partial charge in [0.25, 0.3) is 0 Å². The Morgan fingerprint density at radius 3 is 2.81 bits per heavy atom. The lowest BCUT2D eigenvalue weighted by atomic mass is 10.2. The summed E-state index contributed by atoms with van der Waals surface area (Å²) in [7, 11) is 1.66. The van der Waals surface area contributed by atoms with Gasteiger partial charge in [-0.1, -0.05) is 13.0 Å². The third kappa shape index (κ3) is 4.36. The van der Waals surface area contributed by atoms with E-state index in [-0.39, 0.29) is 6.61 Å². The SMILES string of the molecule is COc1ccc(CSCC(C)CO)cc1Br. The molecule has 0 aliphatic carbocycles. The van der Waals surface area contributed by atoms with Gasteiger partial charge in [-0.3, -0.25) is 0 Å². The van der Waals surface area contributed by atoms with Gasteiger partial charge in [-0.2, -0.15) is 11.8 Å². The summed E-state index contributed by atoms with van der Waals surface area (Å²) in [4.78, 5) is 0. The molecule has 4 heteroatoms. The number of thioether (sulfide) groups is 1. The van der Waals surface area contributed by atoms with E-state index in [4.69, 9.17) is 9.84 Å². The van der Waals surface area contributed by atoms with Crippen LogP contribution in [0.4, 0.5) is 0 Å². The minimum Gasteiger partial charge on any atom is -0.496 e. The van der Waals surface area contributed by atoms with E-state index < -0.39 is 0 Å². The predicted octanol–water partition coefficient (Wildman–Crippen LogP) is 3.32. The number of benzene rings is 1. The molecule has 0 bridgehead atoms. The number of rotatable bonds is 6. The maximum atomic E-state index is 8.91. The van der Waals surface area contributed by atoms with Crippen LogP contribution in [0.3, 0.4) is 0 Å². The molecule has 0 heterocycles. The van der Waals surface area contributed by atoms with Gasteiger partial charge >= 0.3 is 0 Å². The second-order valence-corrected chi connectivity index (χ2v) is 5.66. The van der Waals surface area contributed by atoms with Crippen LogP contribution in [0.25, 0.3) is 0 Å². The first kappa shape index (κ1) is 13.9. The van der Waals surface area contributed by atoms with Gasteiger partial charge in [-0.05, 0) is 45.3 Å². The smallest absolute Gasteiger partial charge is 0.133 e. The van der Waals surface area contributed by atoms with E-state index in [2.05, 4.69) is 35.0 Å². The maximum absolute atomic E-state index is 8.91. The fourth-order valence-electron chi connectivity index (χ4n) is 1.23. The Bertz CT molecular complexity index is 331. The lowest BCUT2D eigenvalue weighted by Crippen LogP contribution is -2.03. The highest BCUT2D eigenvalue weighted by molar-refractivity contribution is 9.10. The van der Waals surface area contributed by atoms with Crippen LogP contribution in [0.1, 0.15) is 12.5 Å². The first-order valence-electron chi connectivity index (χ1n) is 5.18. The van der Waals surface area contributed by atoms with Gasteiger partial charge in [0.05, 0.1) is 11.6 Å². The van der Waals surface area contributed by atoms with E-state index in [9.17, 15) is 0 Å². The topological polar surface area (TPSA) is 29.5 Å². The van der Waals surface area contributed by atoms with E-state index in [1.54, 1.807) is 7.11 Å². The average Bonchev–Trinajstić information content (AvgIpc) is 2.29. The summed E-state index contributed by atoms with van der Waals surface area (Å²) < 4.78 is 6.16. The van der Waals surface area contributed by atoms with Crippen molar-refractivity contribution in [1.29, 1.82) is 0 Å². The van der Waals surface area contributed by atoms with Crippen LogP contribution in [0, 0.1) is 5.92 Å². The molecule has 1 aromatic rings. The normalized spacial score (nSPS) is 12.5. The number of hydrogen-bond acceptors (Lipinski definition) is 3. The first-order chi connectivity index (χ1) is 7.67. The second-order valence-electron chi connectivity index (χ2n) is 3.77. The molecule has 0 amide bonds. The number of aliphatic hydroxyl groups is 1. The molecule has 0 spiro atoms. The summed E-state index contributed by atoms with van der Waals surface area (Å²) >= 11 is 5.31.